The SMILES string of the molecule is Cc1noc2nc(C(C)C)cc(C(=O)Nc3nc(CN4CCOCC4)cs3)c12. The van der Waals surface area contributed by atoms with E-state index in [1.54, 1.807) is 0 Å². The van der Waals surface area contributed by atoms with Crippen LogP contribution < -0.4 is 5.32 Å². The maximum absolute atomic E-state index is 13.0. The van der Waals surface area contributed by atoms with Gasteiger partial charge in [0.15, 0.2) is 5.13 Å². The van der Waals surface area contributed by atoms with Gasteiger partial charge in [-0.1, -0.05) is 19.0 Å². The van der Waals surface area contributed by atoms with Crippen molar-refractivity contribution in [3.8, 4) is 0 Å². The molecule has 1 aliphatic heterocycles. The molecule has 0 radical (unpaired) electrons. The number of morpholine rings is 1. The number of carbonyl (C=O) groups is 1. The van der Waals surface area contributed by atoms with E-state index in [0.717, 1.165) is 44.2 Å². The van der Waals surface area contributed by atoms with Gasteiger partial charge < -0.3 is 9.26 Å². The number of hydrogen-bond acceptors (Lipinski definition) is 8. The first-order valence-corrected chi connectivity index (χ1v) is 10.2. The topological polar surface area (TPSA) is 93.4 Å². The number of pyridine rings is 1. The first-order chi connectivity index (χ1) is 13.5. The molecule has 9 heteroatoms. The number of rotatable bonds is 5. The summed E-state index contributed by atoms with van der Waals surface area (Å²) in [5, 5.41) is 10.1. The molecule has 0 atom stereocenters. The van der Waals surface area contributed by atoms with E-state index >= 15 is 0 Å². The zero-order valence-corrected chi connectivity index (χ0v) is 17.0. The second-order valence-electron chi connectivity index (χ2n) is 7.18. The molecule has 0 aliphatic carbocycles. The van der Waals surface area contributed by atoms with Gasteiger partial charge in [-0.3, -0.25) is 15.0 Å². The van der Waals surface area contributed by atoms with Crippen molar-refractivity contribution in [2.75, 3.05) is 31.6 Å². The molecule has 0 bridgehead atoms. The molecule has 0 spiro atoms. The first-order valence-electron chi connectivity index (χ1n) is 9.34. The molecule has 3 aromatic heterocycles. The molecule has 1 saturated heterocycles. The van der Waals surface area contributed by atoms with Crippen molar-refractivity contribution < 1.29 is 14.1 Å². The largest absolute Gasteiger partial charge is 0.379 e. The highest BCUT2D eigenvalue weighted by atomic mass is 32.1. The van der Waals surface area contributed by atoms with Crippen molar-refractivity contribution in [1.29, 1.82) is 0 Å². The van der Waals surface area contributed by atoms with Gasteiger partial charge in [0, 0.05) is 30.7 Å². The summed E-state index contributed by atoms with van der Waals surface area (Å²) in [5.74, 6) is -0.0609. The minimum Gasteiger partial charge on any atom is -0.379 e. The fourth-order valence-corrected chi connectivity index (χ4v) is 3.87. The van der Waals surface area contributed by atoms with Gasteiger partial charge in [-0.05, 0) is 18.9 Å². The summed E-state index contributed by atoms with van der Waals surface area (Å²) in [7, 11) is 0. The number of nitrogens with zero attached hydrogens (tertiary/aromatic N) is 4. The van der Waals surface area contributed by atoms with Crippen LogP contribution in [0.15, 0.2) is 16.0 Å². The molecular weight excluding hydrogens is 378 g/mol. The van der Waals surface area contributed by atoms with Crippen LogP contribution >= 0.6 is 11.3 Å². The highest BCUT2D eigenvalue weighted by Crippen LogP contribution is 2.26. The Morgan fingerprint density at radius 1 is 1.32 bits per heavy atom. The van der Waals surface area contributed by atoms with Crippen molar-refractivity contribution in [3.05, 3.63) is 34.1 Å². The zero-order chi connectivity index (χ0) is 19.7. The fraction of sp³-hybridized carbons (Fsp3) is 0.474. The maximum Gasteiger partial charge on any atom is 0.259 e. The van der Waals surface area contributed by atoms with Crippen molar-refractivity contribution in [3.63, 3.8) is 0 Å². The van der Waals surface area contributed by atoms with E-state index < -0.39 is 0 Å². The Balaban J connectivity index is 1.54. The smallest absolute Gasteiger partial charge is 0.259 e. The van der Waals surface area contributed by atoms with E-state index in [1.165, 1.54) is 11.3 Å². The lowest BCUT2D eigenvalue weighted by atomic mass is 10.0. The molecule has 8 nitrogen and oxygen atoms in total. The molecule has 1 fully saturated rings. The zero-order valence-electron chi connectivity index (χ0n) is 16.2. The Hall–Kier alpha value is -2.36. The van der Waals surface area contributed by atoms with E-state index in [0.29, 0.717) is 27.5 Å². The molecule has 4 heterocycles. The highest BCUT2D eigenvalue weighted by Gasteiger charge is 2.21. The van der Waals surface area contributed by atoms with Crippen LogP contribution in [-0.4, -0.2) is 52.2 Å². The molecule has 0 saturated carbocycles. The number of fused-ring (bicyclic) bond motifs is 1. The Morgan fingerprint density at radius 3 is 2.86 bits per heavy atom. The fourth-order valence-electron chi connectivity index (χ4n) is 3.18. The van der Waals surface area contributed by atoms with Crippen molar-refractivity contribution in [2.24, 2.45) is 0 Å². The number of ether oxygens (including phenoxy) is 1. The van der Waals surface area contributed by atoms with Gasteiger partial charge in [0.2, 0.25) is 0 Å². The number of carbonyl (C=O) groups excluding carboxylic acids is 1. The number of hydrogen-bond donors (Lipinski definition) is 1. The number of thiazole rings is 1. The number of aryl methyl sites for hydroxylation is 1. The van der Waals surface area contributed by atoms with Crippen LogP contribution in [0.25, 0.3) is 11.1 Å². The number of amides is 1. The van der Waals surface area contributed by atoms with Crippen LogP contribution in [-0.2, 0) is 11.3 Å². The lowest BCUT2D eigenvalue weighted by Gasteiger charge is -2.25. The number of nitrogens with one attached hydrogen (secondary N) is 1. The lowest BCUT2D eigenvalue weighted by Crippen LogP contribution is -2.35. The third-order valence-corrected chi connectivity index (χ3v) is 5.54. The molecule has 0 aromatic carbocycles. The van der Waals surface area contributed by atoms with Crippen molar-refractivity contribution in [1.82, 2.24) is 20.0 Å². The van der Waals surface area contributed by atoms with Gasteiger partial charge >= 0.3 is 0 Å². The Morgan fingerprint density at radius 2 is 2.11 bits per heavy atom. The van der Waals surface area contributed by atoms with Gasteiger partial charge in [0.25, 0.3) is 11.6 Å². The van der Waals surface area contributed by atoms with Crippen LogP contribution in [0.5, 0.6) is 0 Å². The standard InChI is InChI=1S/C19H23N5O3S/c1-11(2)15-8-14(16-12(3)23-27-18(16)21-15)17(25)22-19-20-13(10-28-19)9-24-4-6-26-7-5-24/h8,10-11H,4-7,9H2,1-3H3,(H,20,22,25). The van der Waals surface area contributed by atoms with Crippen LogP contribution in [0.2, 0.25) is 0 Å². The third kappa shape index (κ3) is 3.91. The second-order valence-corrected chi connectivity index (χ2v) is 8.04. The van der Waals surface area contributed by atoms with Crippen LogP contribution in [0.1, 0.15) is 47.2 Å². The lowest BCUT2D eigenvalue weighted by molar-refractivity contribution is 0.0337. The average Bonchev–Trinajstić information content (AvgIpc) is 3.28. The summed E-state index contributed by atoms with van der Waals surface area (Å²) in [6.45, 7) is 9.93. The van der Waals surface area contributed by atoms with Gasteiger partial charge in [0.1, 0.15) is 0 Å². The van der Waals surface area contributed by atoms with E-state index in [4.69, 9.17) is 9.26 Å². The summed E-state index contributed by atoms with van der Waals surface area (Å²) in [6, 6.07) is 1.81. The molecule has 148 valence electrons. The first kappa shape index (κ1) is 19.0. The van der Waals surface area contributed by atoms with Gasteiger partial charge in [-0.15, -0.1) is 11.3 Å². The molecule has 0 unspecified atom stereocenters. The Kier molecular flexibility index (Phi) is 5.38. The second kappa shape index (κ2) is 7.94. The molecule has 1 aliphatic rings. The predicted octanol–water partition coefficient (Wildman–Crippen LogP) is 3.20. The summed E-state index contributed by atoms with van der Waals surface area (Å²) in [6.07, 6.45) is 0. The highest BCUT2D eigenvalue weighted by molar-refractivity contribution is 7.14. The van der Waals surface area contributed by atoms with Crippen molar-refractivity contribution in [2.45, 2.75) is 33.2 Å². The molecule has 1 amide bonds. The van der Waals surface area contributed by atoms with Crippen LogP contribution in [0.3, 0.4) is 0 Å². The molecule has 28 heavy (non-hydrogen) atoms. The normalized spacial score (nSPS) is 15.4. The van der Waals surface area contributed by atoms with Crippen LogP contribution in [0, 0.1) is 6.92 Å². The van der Waals surface area contributed by atoms with Crippen LogP contribution in [0.4, 0.5) is 5.13 Å². The summed E-state index contributed by atoms with van der Waals surface area (Å²) in [4.78, 5) is 24.3. The van der Waals surface area contributed by atoms with Gasteiger partial charge in [-0.2, -0.15) is 0 Å². The maximum atomic E-state index is 13.0. The number of anilines is 1. The summed E-state index contributed by atoms with van der Waals surface area (Å²) < 4.78 is 10.7. The van der Waals surface area contributed by atoms with E-state index in [1.807, 2.05) is 32.2 Å². The van der Waals surface area contributed by atoms with E-state index in [2.05, 4.69) is 25.3 Å². The monoisotopic (exact) mass is 401 g/mol. The molecular formula is C19H23N5O3S. The molecule has 1 N–H and O–H groups in total. The van der Waals surface area contributed by atoms with Gasteiger partial charge in [-0.25, -0.2) is 9.97 Å². The Labute approximate surface area is 166 Å². The van der Waals surface area contributed by atoms with E-state index in [-0.39, 0.29) is 11.8 Å². The summed E-state index contributed by atoms with van der Waals surface area (Å²) in [5.41, 5.74) is 3.29. The third-order valence-electron chi connectivity index (χ3n) is 4.73. The minimum atomic E-state index is -0.229. The van der Waals surface area contributed by atoms with Gasteiger partial charge in [0.05, 0.1) is 35.6 Å². The quantitative estimate of drug-likeness (QED) is 0.702. The minimum absolute atomic E-state index is 0.168. The average molecular weight is 401 g/mol. The molecule has 3 aromatic rings. The van der Waals surface area contributed by atoms with E-state index in [9.17, 15) is 4.79 Å². The molecule has 4 rings (SSSR count). The number of aromatic nitrogens is 3. The summed E-state index contributed by atoms with van der Waals surface area (Å²) >= 11 is 1.43. The van der Waals surface area contributed by atoms with Crippen molar-refractivity contribution >= 4 is 33.5 Å². The predicted molar refractivity (Wildman–Crippen MR) is 107 cm³/mol. The Bertz CT molecular complexity index is 991.